The van der Waals surface area contributed by atoms with E-state index in [0.29, 0.717) is 6.42 Å². The van der Waals surface area contributed by atoms with Crippen LogP contribution < -0.4 is 4.90 Å². The summed E-state index contributed by atoms with van der Waals surface area (Å²) in [4.78, 5) is 13.9. The van der Waals surface area contributed by atoms with E-state index in [0.717, 1.165) is 18.0 Å². The van der Waals surface area contributed by atoms with Crippen molar-refractivity contribution >= 4 is 11.5 Å². The second-order valence-corrected chi connectivity index (χ2v) is 5.71. The van der Waals surface area contributed by atoms with Gasteiger partial charge in [-0.15, -0.1) is 0 Å². The van der Waals surface area contributed by atoms with Crippen LogP contribution in [-0.2, 0) is 0 Å². The first-order valence-electron chi connectivity index (χ1n) is 7.55. The second-order valence-electron chi connectivity index (χ2n) is 5.71. The van der Waals surface area contributed by atoms with Gasteiger partial charge >= 0.3 is 0 Å². The average Bonchev–Trinajstić information content (AvgIpc) is 2.47. The fraction of sp³-hybridized carbons (Fsp3) is 0.588. The Labute approximate surface area is 116 Å². The maximum atomic E-state index is 11.6. The number of hydrogen-bond donors (Lipinski definition) is 0. The van der Waals surface area contributed by atoms with Gasteiger partial charge < -0.3 is 4.90 Å². The highest BCUT2D eigenvalue weighted by Crippen LogP contribution is 2.26. The van der Waals surface area contributed by atoms with E-state index >= 15 is 0 Å². The molecule has 2 rings (SSSR count). The highest BCUT2D eigenvalue weighted by atomic mass is 16.1. The van der Waals surface area contributed by atoms with Gasteiger partial charge in [-0.2, -0.15) is 0 Å². The molecule has 1 saturated carbocycles. The normalized spacial score (nSPS) is 16.3. The largest absolute Gasteiger partial charge is 0.374 e. The van der Waals surface area contributed by atoms with E-state index in [1.807, 2.05) is 19.1 Å². The number of anilines is 1. The summed E-state index contributed by atoms with van der Waals surface area (Å²) in [7, 11) is 2.16. The molecule has 0 atom stereocenters. The van der Waals surface area contributed by atoms with Crippen molar-refractivity contribution in [2.75, 3.05) is 18.5 Å². The molecule has 0 amide bonds. The van der Waals surface area contributed by atoms with Crippen molar-refractivity contribution in [2.45, 2.75) is 45.4 Å². The zero-order valence-electron chi connectivity index (χ0n) is 12.2. The van der Waals surface area contributed by atoms with Crippen LogP contribution in [0, 0.1) is 5.92 Å². The van der Waals surface area contributed by atoms with Gasteiger partial charge in [0, 0.05) is 31.3 Å². The third-order valence-electron chi connectivity index (χ3n) is 4.21. The SMILES string of the molecule is CCC(=O)c1ccc(N(C)CC2CCCCC2)cc1. The molecule has 0 bridgehead atoms. The van der Waals surface area contributed by atoms with E-state index in [9.17, 15) is 4.79 Å². The first-order chi connectivity index (χ1) is 9.20. The molecule has 0 unspecified atom stereocenters. The molecular formula is C17H25NO. The number of carbonyl (C=O) groups is 1. The molecular weight excluding hydrogens is 234 g/mol. The van der Waals surface area contributed by atoms with Crippen molar-refractivity contribution < 1.29 is 4.79 Å². The summed E-state index contributed by atoms with van der Waals surface area (Å²) in [6.45, 7) is 3.05. The zero-order chi connectivity index (χ0) is 13.7. The molecule has 1 fully saturated rings. The lowest BCUT2D eigenvalue weighted by Gasteiger charge is -2.28. The topological polar surface area (TPSA) is 20.3 Å². The Kier molecular flexibility index (Phi) is 5.00. The molecule has 0 heterocycles. The molecule has 1 aliphatic rings. The summed E-state index contributed by atoms with van der Waals surface area (Å²) in [5.74, 6) is 1.07. The predicted octanol–water partition coefficient (Wildman–Crippen LogP) is 4.30. The van der Waals surface area contributed by atoms with Gasteiger partial charge in [0.05, 0.1) is 0 Å². The Balaban J connectivity index is 1.94. The number of nitrogens with zero attached hydrogens (tertiary/aromatic N) is 1. The van der Waals surface area contributed by atoms with Crippen LogP contribution in [0.5, 0.6) is 0 Å². The van der Waals surface area contributed by atoms with Crippen molar-refractivity contribution in [3.8, 4) is 0 Å². The van der Waals surface area contributed by atoms with Crippen LogP contribution in [0.15, 0.2) is 24.3 Å². The van der Waals surface area contributed by atoms with Gasteiger partial charge in [0.25, 0.3) is 0 Å². The summed E-state index contributed by atoms with van der Waals surface area (Å²) in [5, 5.41) is 0. The minimum Gasteiger partial charge on any atom is -0.374 e. The fourth-order valence-corrected chi connectivity index (χ4v) is 2.97. The molecule has 104 valence electrons. The third kappa shape index (κ3) is 3.82. The van der Waals surface area contributed by atoms with Crippen LogP contribution >= 0.6 is 0 Å². The number of benzene rings is 1. The van der Waals surface area contributed by atoms with Crippen molar-refractivity contribution in [3.05, 3.63) is 29.8 Å². The third-order valence-corrected chi connectivity index (χ3v) is 4.21. The summed E-state index contributed by atoms with van der Waals surface area (Å²) in [6, 6.07) is 8.06. The Morgan fingerprint density at radius 2 is 1.79 bits per heavy atom. The summed E-state index contributed by atoms with van der Waals surface area (Å²) in [6.07, 6.45) is 7.52. The van der Waals surface area contributed by atoms with Gasteiger partial charge in [-0.25, -0.2) is 0 Å². The lowest BCUT2D eigenvalue weighted by molar-refractivity contribution is 0.0988. The van der Waals surface area contributed by atoms with Gasteiger partial charge in [-0.05, 0) is 43.0 Å². The molecule has 2 heteroatoms. The van der Waals surface area contributed by atoms with Crippen LogP contribution in [0.3, 0.4) is 0 Å². The highest BCUT2D eigenvalue weighted by molar-refractivity contribution is 5.96. The van der Waals surface area contributed by atoms with Gasteiger partial charge in [-0.3, -0.25) is 4.79 Å². The molecule has 0 aromatic heterocycles. The monoisotopic (exact) mass is 259 g/mol. The molecule has 0 radical (unpaired) electrons. The minimum atomic E-state index is 0.224. The number of Topliss-reactive ketones (excluding diaryl/α,β-unsaturated/α-hetero) is 1. The van der Waals surface area contributed by atoms with Gasteiger partial charge in [-0.1, -0.05) is 26.2 Å². The van der Waals surface area contributed by atoms with Gasteiger partial charge in [0.2, 0.25) is 0 Å². The maximum absolute atomic E-state index is 11.6. The van der Waals surface area contributed by atoms with Crippen LogP contribution in [0.2, 0.25) is 0 Å². The maximum Gasteiger partial charge on any atom is 0.162 e. The Bertz CT molecular complexity index is 404. The number of rotatable bonds is 5. The zero-order valence-corrected chi connectivity index (χ0v) is 12.2. The van der Waals surface area contributed by atoms with E-state index in [1.54, 1.807) is 0 Å². The second kappa shape index (κ2) is 6.74. The standard InChI is InChI=1S/C17H25NO/c1-3-17(19)15-9-11-16(12-10-15)18(2)13-14-7-5-4-6-8-14/h9-12,14H,3-8,13H2,1-2H3. The van der Waals surface area contributed by atoms with Crippen LogP contribution in [-0.4, -0.2) is 19.4 Å². The molecule has 0 saturated heterocycles. The van der Waals surface area contributed by atoms with E-state index in [2.05, 4.69) is 24.1 Å². The molecule has 19 heavy (non-hydrogen) atoms. The molecule has 0 aliphatic heterocycles. The van der Waals surface area contributed by atoms with Crippen molar-refractivity contribution in [1.82, 2.24) is 0 Å². The van der Waals surface area contributed by atoms with E-state index < -0.39 is 0 Å². The molecule has 2 nitrogen and oxygen atoms in total. The van der Waals surface area contributed by atoms with Crippen molar-refractivity contribution in [2.24, 2.45) is 5.92 Å². The molecule has 0 N–H and O–H groups in total. The lowest BCUT2D eigenvalue weighted by atomic mass is 9.89. The smallest absolute Gasteiger partial charge is 0.162 e. The molecule has 1 aromatic carbocycles. The Morgan fingerprint density at radius 1 is 1.16 bits per heavy atom. The van der Waals surface area contributed by atoms with E-state index in [4.69, 9.17) is 0 Å². The lowest BCUT2D eigenvalue weighted by Crippen LogP contribution is -2.26. The van der Waals surface area contributed by atoms with E-state index in [1.165, 1.54) is 37.8 Å². The summed E-state index contributed by atoms with van der Waals surface area (Å²) >= 11 is 0. The molecule has 0 spiro atoms. The van der Waals surface area contributed by atoms with Crippen LogP contribution in [0.1, 0.15) is 55.8 Å². The molecule has 1 aromatic rings. The first kappa shape index (κ1) is 14.1. The van der Waals surface area contributed by atoms with Gasteiger partial charge in [0.1, 0.15) is 0 Å². The predicted molar refractivity (Wildman–Crippen MR) is 80.9 cm³/mol. The quantitative estimate of drug-likeness (QED) is 0.735. The van der Waals surface area contributed by atoms with Crippen LogP contribution in [0.25, 0.3) is 0 Å². The summed E-state index contributed by atoms with van der Waals surface area (Å²) in [5.41, 5.74) is 2.05. The number of hydrogen-bond acceptors (Lipinski definition) is 2. The number of ketones is 1. The summed E-state index contributed by atoms with van der Waals surface area (Å²) < 4.78 is 0. The molecule has 1 aliphatic carbocycles. The number of carbonyl (C=O) groups excluding carboxylic acids is 1. The van der Waals surface area contributed by atoms with Crippen molar-refractivity contribution in [3.63, 3.8) is 0 Å². The Morgan fingerprint density at radius 3 is 2.37 bits per heavy atom. The van der Waals surface area contributed by atoms with Crippen molar-refractivity contribution in [1.29, 1.82) is 0 Å². The van der Waals surface area contributed by atoms with E-state index in [-0.39, 0.29) is 5.78 Å². The average molecular weight is 259 g/mol. The minimum absolute atomic E-state index is 0.224. The van der Waals surface area contributed by atoms with Crippen LogP contribution in [0.4, 0.5) is 5.69 Å². The fourth-order valence-electron chi connectivity index (χ4n) is 2.97. The Hall–Kier alpha value is -1.31. The highest BCUT2D eigenvalue weighted by Gasteiger charge is 2.15. The first-order valence-corrected chi connectivity index (χ1v) is 7.55. The van der Waals surface area contributed by atoms with Gasteiger partial charge in [0.15, 0.2) is 5.78 Å².